The van der Waals surface area contributed by atoms with Crippen molar-refractivity contribution in [1.82, 2.24) is 20.3 Å². The molecule has 3 aromatic rings. The fraction of sp³-hybridized carbons (Fsp3) is 0.320. The number of allylic oxidation sites excluding steroid dienone is 2. The Morgan fingerprint density at radius 3 is 2.82 bits per heavy atom. The SMILES string of the molecule is CCCC1=C(NC(Cc2ccc(Oc3nc(C)cc4ccncc34)cn2)C(=O)O)CCC1=O. The van der Waals surface area contributed by atoms with Crippen LogP contribution in [0.4, 0.5) is 0 Å². The molecule has 0 saturated carbocycles. The van der Waals surface area contributed by atoms with Crippen molar-refractivity contribution in [3.8, 4) is 11.6 Å². The zero-order valence-electron chi connectivity index (χ0n) is 18.7. The second-order valence-electron chi connectivity index (χ2n) is 8.12. The highest BCUT2D eigenvalue weighted by atomic mass is 16.5. The molecule has 1 unspecified atom stereocenters. The summed E-state index contributed by atoms with van der Waals surface area (Å²) in [6.45, 7) is 3.90. The summed E-state index contributed by atoms with van der Waals surface area (Å²) in [4.78, 5) is 37.0. The predicted molar refractivity (Wildman–Crippen MR) is 123 cm³/mol. The molecule has 1 atom stereocenters. The van der Waals surface area contributed by atoms with Crippen LogP contribution in [0.15, 0.2) is 54.1 Å². The second kappa shape index (κ2) is 9.77. The van der Waals surface area contributed by atoms with Crippen molar-refractivity contribution in [2.24, 2.45) is 0 Å². The van der Waals surface area contributed by atoms with E-state index in [0.29, 0.717) is 36.6 Å². The topological polar surface area (TPSA) is 114 Å². The fourth-order valence-corrected chi connectivity index (χ4v) is 4.00. The number of nitrogens with one attached hydrogen (secondary N) is 1. The number of pyridine rings is 3. The Morgan fingerprint density at radius 1 is 1.24 bits per heavy atom. The molecule has 8 nitrogen and oxygen atoms in total. The Morgan fingerprint density at radius 2 is 2.09 bits per heavy atom. The van der Waals surface area contributed by atoms with E-state index < -0.39 is 12.0 Å². The van der Waals surface area contributed by atoms with Gasteiger partial charge >= 0.3 is 5.97 Å². The summed E-state index contributed by atoms with van der Waals surface area (Å²) < 4.78 is 5.95. The highest BCUT2D eigenvalue weighted by Gasteiger charge is 2.27. The molecule has 0 amide bonds. The molecule has 8 heteroatoms. The lowest BCUT2D eigenvalue weighted by Gasteiger charge is -2.17. The van der Waals surface area contributed by atoms with E-state index in [1.54, 1.807) is 30.7 Å². The van der Waals surface area contributed by atoms with E-state index in [9.17, 15) is 14.7 Å². The Hall–Kier alpha value is -3.81. The summed E-state index contributed by atoms with van der Waals surface area (Å²) in [6, 6.07) is 6.48. The highest BCUT2D eigenvalue weighted by molar-refractivity contribution is 5.98. The van der Waals surface area contributed by atoms with Crippen LogP contribution in [0.3, 0.4) is 0 Å². The first kappa shape index (κ1) is 22.4. The summed E-state index contributed by atoms with van der Waals surface area (Å²) in [7, 11) is 0. The van der Waals surface area contributed by atoms with Crippen LogP contribution in [0.25, 0.3) is 10.8 Å². The molecule has 0 saturated heterocycles. The number of hydrogen-bond acceptors (Lipinski definition) is 7. The van der Waals surface area contributed by atoms with E-state index in [-0.39, 0.29) is 12.2 Å². The Balaban J connectivity index is 1.49. The number of nitrogens with zero attached hydrogens (tertiary/aromatic N) is 3. The van der Waals surface area contributed by atoms with Gasteiger partial charge in [-0.1, -0.05) is 13.3 Å². The van der Waals surface area contributed by atoms with Gasteiger partial charge in [0.15, 0.2) is 5.78 Å². The average Bonchev–Trinajstić information content (AvgIpc) is 3.14. The number of aryl methyl sites for hydroxylation is 1. The third-order valence-electron chi connectivity index (χ3n) is 5.60. The van der Waals surface area contributed by atoms with Gasteiger partial charge < -0.3 is 15.2 Å². The highest BCUT2D eigenvalue weighted by Crippen LogP contribution is 2.28. The van der Waals surface area contributed by atoms with E-state index >= 15 is 0 Å². The van der Waals surface area contributed by atoms with Gasteiger partial charge in [-0.25, -0.2) is 9.78 Å². The largest absolute Gasteiger partial charge is 0.480 e. The van der Waals surface area contributed by atoms with Gasteiger partial charge in [0.2, 0.25) is 5.88 Å². The Bertz CT molecular complexity index is 1220. The van der Waals surface area contributed by atoms with Gasteiger partial charge in [0.05, 0.1) is 11.6 Å². The van der Waals surface area contributed by atoms with E-state index in [0.717, 1.165) is 34.2 Å². The first-order valence-electron chi connectivity index (χ1n) is 11.0. The van der Waals surface area contributed by atoms with E-state index in [1.165, 1.54) is 0 Å². The number of fused-ring (bicyclic) bond motifs is 1. The second-order valence-corrected chi connectivity index (χ2v) is 8.12. The zero-order chi connectivity index (χ0) is 23.4. The molecule has 0 bridgehead atoms. The van der Waals surface area contributed by atoms with Gasteiger partial charge in [0.25, 0.3) is 0 Å². The fourth-order valence-electron chi connectivity index (χ4n) is 4.00. The van der Waals surface area contributed by atoms with Crippen molar-refractivity contribution in [2.45, 2.75) is 52.0 Å². The minimum absolute atomic E-state index is 0.107. The zero-order valence-corrected chi connectivity index (χ0v) is 18.7. The lowest BCUT2D eigenvalue weighted by molar-refractivity contribution is -0.139. The van der Waals surface area contributed by atoms with Crippen LogP contribution in [-0.2, 0) is 16.0 Å². The molecular formula is C25H26N4O4. The summed E-state index contributed by atoms with van der Waals surface area (Å²) in [5.41, 5.74) is 2.91. The summed E-state index contributed by atoms with van der Waals surface area (Å²) in [5, 5.41) is 14.6. The van der Waals surface area contributed by atoms with E-state index in [2.05, 4.69) is 20.3 Å². The van der Waals surface area contributed by atoms with Gasteiger partial charge in [-0.05, 0) is 49.4 Å². The molecule has 3 heterocycles. The van der Waals surface area contributed by atoms with E-state index in [4.69, 9.17) is 4.74 Å². The van der Waals surface area contributed by atoms with E-state index in [1.807, 2.05) is 26.0 Å². The maximum absolute atomic E-state index is 12.1. The molecule has 1 aliphatic carbocycles. The molecule has 0 spiro atoms. The molecule has 170 valence electrons. The van der Waals surface area contributed by atoms with Gasteiger partial charge in [0.1, 0.15) is 11.8 Å². The molecule has 33 heavy (non-hydrogen) atoms. The first-order valence-corrected chi connectivity index (χ1v) is 11.0. The lowest BCUT2D eigenvalue weighted by Crippen LogP contribution is -2.38. The van der Waals surface area contributed by atoms with Crippen LogP contribution in [0.1, 0.15) is 44.0 Å². The molecular weight excluding hydrogens is 420 g/mol. The molecule has 1 aliphatic rings. The maximum Gasteiger partial charge on any atom is 0.326 e. The number of aromatic nitrogens is 3. The molecule has 3 aromatic heterocycles. The number of carbonyl (C=O) groups is 2. The number of aliphatic carboxylic acids is 1. The Kier molecular flexibility index (Phi) is 6.63. The number of carbonyl (C=O) groups excluding carboxylic acids is 1. The number of ketones is 1. The molecule has 0 aromatic carbocycles. The van der Waals surface area contributed by atoms with Crippen LogP contribution in [0.5, 0.6) is 11.6 Å². The van der Waals surface area contributed by atoms with Gasteiger partial charge in [-0.15, -0.1) is 0 Å². The summed E-state index contributed by atoms with van der Waals surface area (Å²) in [5.74, 6) is 0.0635. The van der Waals surface area contributed by atoms with Gasteiger partial charge in [0, 0.05) is 47.9 Å². The normalized spacial score (nSPS) is 14.5. The summed E-state index contributed by atoms with van der Waals surface area (Å²) >= 11 is 0. The monoisotopic (exact) mass is 446 g/mol. The molecule has 2 N–H and O–H groups in total. The van der Waals surface area contributed by atoms with Gasteiger partial charge in [-0.3, -0.25) is 14.8 Å². The van der Waals surface area contributed by atoms with Crippen molar-refractivity contribution < 1.29 is 19.4 Å². The number of hydrogen-bond donors (Lipinski definition) is 2. The van der Waals surface area contributed by atoms with Crippen molar-refractivity contribution in [1.29, 1.82) is 0 Å². The smallest absolute Gasteiger partial charge is 0.326 e. The quantitative estimate of drug-likeness (QED) is 0.504. The van der Waals surface area contributed by atoms with Crippen LogP contribution < -0.4 is 10.1 Å². The summed E-state index contributed by atoms with van der Waals surface area (Å²) in [6.07, 6.45) is 7.66. The van der Waals surface area contributed by atoms with Crippen LogP contribution in [0, 0.1) is 6.92 Å². The third kappa shape index (κ3) is 5.16. The molecule has 0 fully saturated rings. The van der Waals surface area contributed by atoms with Crippen LogP contribution in [-0.4, -0.2) is 37.9 Å². The van der Waals surface area contributed by atoms with Crippen molar-refractivity contribution >= 4 is 22.5 Å². The number of ether oxygens (including phenoxy) is 1. The van der Waals surface area contributed by atoms with Gasteiger partial charge in [-0.2, -0.15) is 0 Å². The van der Waals surface area contributed by atoms with Crippen LogP contribution >= 0.6 is 0 Å². The minimum atomic E-state index is -0.984. The van der Waals surface area contributed by atoms with Crippen LogP contribution in [0.2, 0.25) is 0 Å². The maximum atomic E-state index is 12.1. The number of rotatable bonds is 9. The number of carboxylic acids is 1. The number of carboxylic acid groups (broad SMARTS) is 1. The first-order chi connectivity index (χ1) is 15.9. The average molecular weight is 447 g/mol. The van der Waals surface area contributed by atoms with Crippen molar-refractivity contribution in [2.75, 3.05) is 0 Å². The standard InChI is InChI=1S/C25H26N4O4/c1-3-4-19-21(7-8-23(19)30)29-22(25(31)32)12-17-5-6-18(13-27-17)33-24-20-14-26-10-9-16(20)11-15(2)28-24/h5-6,9-11,13-14,22,29H,3-4,7-8,12H2,1-2H3,(H,31,32). The number of Topliss-reactive ketones (excluding diaryl/α,β-unsaturated/α-hetero) is 1. The minimum Gasteiger partial charge on any atom is -0.480 e. The van der Waals surface area contributed by atoms with Crippen molar-refractivity contribution in [3.63, 3.8) is 0 Å². The molecule has 0 aliphatic heterocycles. The molecule has 4 rings (SSSR count). The third-order valence-corrected chi connectivity index (χ3v) is 5.60. The predicted octanol–water partition coefficient (Wildman–Crippen LogP) is 4.13. The lowest BCUT2D eigenvalue weighted by atomic mass is 10.1. The Labute approximate surface area is 191 Å². The van der Waals surface area contributed by atoms with Crippen molar-refractivity contribution in [3.05, 3.63) is 65.5 Å². The molecule has 0 radical (unpaired) electrons.